The average Bonchev–Trinajstić information content (AvgIpc) is 3.14. The Hall–Kier alpha value is -2.28. The molecule has 1 aromatic carbocycles. The quantitative estimate of drug-likeness (QED) is 0.659. The average molecular weight is 374 g/mol. The number of hydrogen-bond donors (Lipinski definition) is 1. The van der Waals surface area contributed by atoms with Crippen LogP contribution in [0.5, 0.6) is 5.75 Å². The molecule has 0 bridgehead atoms. The smallest absolute Gasteiger partial charge is 0.191 e. The summed E-state index contributed by atoms with van der Waals surface area (Å²) in [6, 6.07) is 8.01. The maximum Gasteiger partial charge on any atom is 0.191 e. The van der Waals surface area contributed by atoms with Crippen molar-refractivity contribution in [1.82, 2.24) is 9.88 Å². The first-order chi connectivity index (χ1) is 12.4. The number of aromatic nitrogens is 1. The lowest BCUT2D eigenvalue weighted by Crippen LogP contribution is -2.51. The van der Waals surface area contributed by atoms with E-state index < -0.39 is 0 Å². The highest BCUT2D eigenvalue weighted by Gasteiger charge is 2.20. The van der Waals surface area contributed by atoms with Crippen LogP contribution in [0.25, 0.3) is 0 Å². The first-order valence-corrected chi connectivity index (χ1v) is 9.76. The third-order valence-electron chi connectivity index (χ3n) is 4.09. The molecule has 0 aliphatic carbocycles. The number of rotatable bonds is 4. The van der Waals surface area contributed by atoms with E-state index in [0.29, 0.717) is 12.5 Å². The summed E-state index contributed by atoms with van der Waals surface area (Å²) in [5, 5.41) is 3.09. The molecule has 0 amide bonds. The van der Waals surface area contributed by atoms with Crippen LogP contribution in [0.1, 0.15) is 26.3 Å². The van der Waals surface area contributed by atoms with E-state index in [1.807, 2.05) is 56.6 Å². The number of nitrogens with zero attached hydrogens (tertiary/aromatic N) is 4. The summed E-state index contributed by atoms with van der Waals surface area (Å²) in [5.41, 5.74) is 7.05. The third-order valence-corrected chi connectivity index (χ3v) is 4.93. The SMILES string of the molecule is CC(C)(C)Oc1ccccc1CN=C(N)N1CCN(c2nccs2)CC1. The van der Waals surface area contributed by atoms with Crippen LogP contribution in [0.4, 0.5) is 5.13 Å². The molecule has 26 heavy (non-hydrogen) atoms. The van der Waals surface area contributed by atoms with Gasteiger partial charge in [0.1, 0.15) is 11.4 Å². The van der Waals surface area contributed by atoms with Crippen molar-refractivity contribution in [3.63, 3.8) is 0 Å². The van der Waals surface area contributed by atoms with Crippen molar-refractivity contribution in [2.75, 3.05) is 31.1 Å². The van der Waals surface area contributed by atoms with Crippen LogP contribution in [0, 0.1) is 0 Å². The van der Waals surface area contributed by atoms with Crippen LogP contribution >= 0.6 is 11.3 Å². The van der Waals surface area contributed by atoms with E-state index in [1.54, 1.807) is 11.3 Å². The number of hydrogen-bond acceptors (Lipinski definition) is 5. The minimum absolute atomic E-state index is 0.239. The molecule has 6 nitrogen and oxygen atoms in total. The molecule has 1 aliphatic rings. The van der Waals surface area contributed by atoms with Crippen LogP contribution in [0.3, 0.4) is 0 Å². The predicted octanol–water partition coefficient (Wildman–Crippen LogP) is 2.96. The second-order valence-corrected chi connectivity index (χ2v) is 8.16. The molecule has 2 heterocycles. The van der Waals surface area contributed by atoms with Crippen LogP contribution < -0.4 is 15.4 Å². The Labute approximate surface area is 159 Å². The Balaban J connectivity index is 1.59. The number of ether oxygens (including phenoxy) is 1. The Morgan fingerprint density at radius 3 is 2.62 bits per heavy atom. The summed E-state index contributed by atoms with van der Waals surface area (Å²) in [5.74, 6) is 1.46. The molecule has 7 heteroatoms. The van der Waals surface area contributed by atoms with Crippen molar-refractivity contribution in [2.45, 2.75) is 32.9 Å². The maximum atomic E-state index is 6.24. The van der Waals surface area contributed by atoms with E-state index in [0.717, 1.165) is 42.6 Å². The monoisotopic (exact) mass is 373 g/mol. The van der Waals surface area contributed by atoms with E-state index in [-0.39, 0.29) is 5.60 Å². The van der Waals surface area contributed by atoms with Gasteiger partial charge in [-0.1, -0.05) is 18.2 Å². The zero-order valence-electron chi connectivity index (χ0n) is 15.7. The number of anilines is 1. The predicted molar refractivity (Wildman–Crippen MR) is 108 cm³/mol. The molecule has 1 aromatic heterocycles. The molecule has 2 N–H and O–H groups in total. The maximum absolute atomic E-state index is 6.24. The zero-order valence-corrected chi connectivity index (χ0v) is 16.5. The lowest BCUT2D eigenvalue weighted by molar-refractivity contribution is 0.129. The lowest BCUT2D eigenvalue weighted by Gasteiger charge is -2.35. The normalized spacial score (nSPS) is 16.0. The van der Waals surface area contributed by atoms with Crippen molar-refractivity contribution in [1.29, 1.82) is 0 Å². The van der Waals surface area contributed by atoms with Crippen LogP contribution in [0.15, 0.2) is 40.8 Å². The van der Waals surface area contributed by atoms with Crippen LogP contribution in [-0.2, 0) is 6.54 Å². The van der Waals surface area contributed by atoms with Gasteiger partial charge >= 0.3 is 0 Å². The first kappa shape index (κ1) is 18.5. The highest BCUT2D eigenvalue weighted by Crippen LogP contribution is 2.24. The molecule has 140 valence electrons. The van der Waals surface area contributed by atoms with Gasteiger partial charge in [0, 0.05) is 43.3 Å². The van der Waals surface area contributed by atoms with Crippen LogP contribution in [-0.4, -0.2) is 47.6 Å². The molecule has 0 radical (unpaired) electrons. The highest BCUT2D eigenvalue weighted by atomic mass is 32.1. The standard InChI is InChI=1S/C19H27N5OS/c1-19(2,3)25-16-7-5-4-6-15(16)14-22-17(20)23-9-11-24(12-10-23)18-21-8-13-26-18/h4-8,13H,9-12,14H2,1-3H3,(H2,20,22). The van der Waals surface area contributed by atoms with Gasteiger partial charge in [0.05, 0.1) is 6.54 Å². The number of benzene rings is 1. The number of aliphatic imine (C=N–C) groups is 1. The number of para-hydroxylation sites is 1. The molecule has 1 fully saturated rings. The van der Waals surface area contributed by atoms with Crippen molar-refractivity contribution in [3.05, 3.63) is 41.4 Å². The Morgan fingerprint density at radius 1 is 1.23 bits per heavy atom. The molecule has 0 spiro atoms. The largest absolute Gasteiger partial charge is 0.488 e. The fourth-order valence-electron chi connectivity index (χ4n) is 2.83. The van der Waals surface area contributed by atoms with E-state index >= 15 is 0 Å². The van der Waals surface area contributed by atoms with E-state index in [4.69, 9.17) is 10.5 Å². The van der Waals surface area contributed by atoms with Gasteiger partial charge in [0.15, 0.2) is 11.1 Å². The van der Waals surface area contributed by atoms with Crippen LogP contribution in [0.2, 0.25) is 0 Å². The molecule has 0 saturated carbocycles. The number of thiazole rings is 1. The first-order valence-electron chi connectivity index (χ1n) is 8.88. The molecular weight excluding hydrogens is 346 g/mol. The van der Waals surface area contributed by atoms with E-state index in [1.165, 1.54) is 0 Å². The summed E-state index contributed by atoms with van der Waals surface area (Å²) in [6.07, 6.45) is 1.85. The minimum Gasteiger partial charge on any atom is -0.488 e. The van der Waals surface area contributed by atoms with Crippen molar-refractivity contribution in [2.24, 2.45) is 10.7 Å². The van der Waals surface area contributed by atoms with Gasteiger partial charge in [0.2, 0.25) is 0 Å². The molecule has 1 saturated heterocycles. The van der Waals surface area contributed by atoms with Crippen molar-refractivity contribution >= 4 is 22.4 Å². The Bertz CT molecular complexity index is 731. The van der Waals surface area contributed by atoms with Gasteiger partial charge in [-0.05, 0) is 26.8 Å². The number of nitrogens with two attached hydrogens (primary N) is 1. The van der Waals surface area contributed by atoms with E-state index in [9.17, 15) is 0 Å². The summed E-state index contributed by atoms with van der Waals surface area (Å²) < 4.78 is 6.03. The summed E-state index contributed by atoms with van der Waals surface area (Å²) in [6.45, 7) is 10.2. The summed E-state index contributed by atoms with van der Waals surface area (Å²) in [7, 11) is 0. The minimum atomic E-state index is -0.239. The zero-order chi connectivity index (χ0) is 18.6. The second kappa shape index (κ2) is 7.95. The third kappa shape index (κ3) is 4.88. The van der Waals surface area contributed by atoms with Crippen molar-refractivity contribution in [3.8, 4) is 5.75 Å². The molecule has 0 atom stereocenters. The van der Waals surface area contributed by atoms with Crippen molar-refractivity contribution < 1.29 is 4.74 Å². The number of piperazine rings is 1. The van der Waals surface area contributed by atoms with Gasteiger partial charge in [-0.2, -0.15) is 0 Å². The summed E-state index contributed by atoms with van der Waals surface area (Å²) in [4.78, 5) is 13.4. The molecule has 3 rings (SSSR count). The summed E-state index contributed by atoms with van der Waals surface area (Å²) >= 11 is 1.67. The van der Waals surface area contributed by atoms with Gasteiger partial charge in [-0.25, -0.2) is 9.98 Å². The van der Waals surface area contributed by atoms with Gasteiger partial charge in [0.25, 0.3) is 0 Å². The lowest BCUT2D eigenvalue weighted by atomic mass is 10.1. The fraction of sp³-hybridized carbons (Fsp3) is 0.474. The number of guanidine groups is 1. The van der Waals surface area contributed by atoms with Gasteiger partial charge in [-0.3, -0.25) is 0 Å². The molecule has 2 aromatic rings. The van der Waals surface area contributed by atoms with E-state index in [2.05, 4.69) is 19.8 Å². The topological polar surface area (TPSA) is 67.0 Å². The molecular formula is C19H27N5OS. The Kier molecular flexibility index (Phi) is 5.66. The highest BCUT2D eigenvalue weighted by molar-refractivity contribution is 7.13. The fourth-order valence-corrected chi connectivity index (χ4v) is 3.53. The van der Waals surface area contributed by atoms with Gasteiger partial charge in [-0.15, -0.1) is 11.3 Å². The molecule has 0 unspecified atom stereocenters. The van der Waals surface area contributed by atoms with Gasteiger partial charge < -0.3 is 20.3 Å². The Morgan fingerprint density at radius 2 is 1.96 bits per heavy atom. The molecule has 1 aliphatic heterocycles. The second-order valence-electron chi connectivity index (χ2n) is 7.29.